The highest BCUT2D eigenvalue weighted by atomic mass is 35.5. The van der Waals surface area contributed by atoms with Gasteiger partial charge in [0.05, 0.1) is 5.02 Å². The van der Waals surface area contributed by atoms with Crippen molar-refractivity contribution in [2.75, 3.05) is 0 Å². The number of hydrogen-bond donors (Lipinski definition) is 1. The van der Waals surface area contributed by atoms with Gasteiger partial charge in [0, 0.05) is 12.6 Å². The van der Waals surface area contributed by atoms with Gasteiger partial charge in [-0.3, -0.25) is 0 Å². The fraction of sp³-hybridized carbons (Fsp3) is 0.294. The molecule has 0 atom stereocenters. The quantitative estimate of drug-likeness (QED) is 0.861. The van der Waals surface area contributed by atoms with Crippen LogP contribution in [0.5, 0.6) is 11.5 Å². The van der Waals surface area contributed by atoms with Crippen LogP contribution in [0.15, 0.2) is 42.5 Å². The van der Waals surface area contributed by atoms with Gasteiger partial charge in [-0.2, -0.15) is 0 Å². The Hall–Kier alpha value is -1.51. The third kappa shape index (κ3) is 3.33. The first-order valence-electron chi connectivity index (χ1n) is 6.97. The normalized spacial score (nSPS) is 14.3. The molecule has 0 radical (unpaired) electrons. The Balaban J connectivity index is 1.71. The lowest BCUT2D eigenvalue weighted by Gasteiger charge is -2.11. The van der Waals surface area contributed by atoms with Gasteiger partial charge in [-0.1, -0.05) is 35.9 Å². The Labute approximate surface area is 124 Å². The minimum Gasteiger partial charge on any atom is -0.456 e. The van der Waals surface area contributed by atoms with E-state index in [1.54, 1.807) is 0 Å². The SMILES string of the molecule is Cc1cc(CNC2CC2)ccc1Oc1ccccc1Cl. The number of halogens is 1. The summed E-state index contributed by atoms with van der Waals surface area (Å²) in [6, 6.07) is 14.6. The van der Waals surface area contributed by atoms with E-state index in [0.717, 1.165) is 23.9 Å². The molecule has 0 unspecified atom stereocenters. The van der Waals surface area contributed by atoms with E-state index in [-0.39, 0.29) is 0 Å². The molecule has 0 heterocycles. The van der Waals surface area contributed by atoms with Crippen LogP contribution in [-0.4, -0.2) is 6.04 Å². The second kappa shape index (κ2) is 5.86. The Morgan fingerprint density at radius 3 is 2.65 bits per heavy atom. The Bertz CT molecular complexity index is 608. The summed E-state index contributed by atoms with van der Waals surface area (Å²) in [6.07, 6.45) is 2.62. The third-order valence-electron chi connectivity index (χ3n) is 3.47. The monoisotopic (exact) mass is 287 g/mol. The number of benzene rings is 2. The lowest BCUT2D eigenvalue weighted by molar-refractivity contribution is 0.478. The molecule has 0 bridgehead atoms. The van der Waals surface area contributed by atoms with Crippen LogP contribution < -0.4 is 10.1 Å². The molecule has 2 aromatic carbocycles. The average Bonchev–Trinajstić information content (AvgIpc) is 3.26. The van der Waals surface area contributed by atoms with E-state index in [9.17, 15) is 0 Å². The lowest BCUT2D eigenvalue weighted by Crippen LogP contribution is -2.15. The molecular weight excluding hydrogens is 270 g/mol. The first-order valence-corrected chi connectivity index (χ1v) is 7.35. The molecule has 0 saturated heterocycles. The zero-order valence-electron chi connectivity index (χ0n) is 11.5. The highest BCUT2D eigenvalue weighted by Gasteiger charge is 2.19. The van der Waals surface area contributed by atoms with Crippen LogP contribution >= 0.6 is 11.6 Å². The van der Waals surface area contributed by atoms with Crippen LogP contribution in [0.2, 0.25) is 5.02 Å². The Morgan fingerprint density at radius 1 is 1.15 bits per heavy atom. The zero-order valence-corrected chi connectivity index (χ0v) is 12.3. The molecule has 20 heavy (non-hydrogen) atoms. The fourth-order valence-electron chi connectivity index (χ4n) is 2.13. The predicted octanol–water partition coefficient (Wildman–Crippen LogP) is 4.69. The van der Waals surface area contributed by atoms with E-state index in [2.05, 4.69) is 24.4 Å². The van der Waals surface area contributed by atoms with E-state index in [1.165, 1.54) is 18.4 Å². The van der Waals surface area contributed by atoms with Crippen LogP contribution in [0.25, 0.3) is 0 Å². The highest BCUT2D eigenvalue weighted by Crippen LogP contribution is 2.31. The summed E-state index contributed by atoms with van der Waals surface area (Å²) < 4.78 is 5.88. The molecule has 104 valence electrons. The summed E-state index contributed by atoms with van der Waals surface area (Å²) in [5.74, 6) is 1.55. The second-order valence-corrected chi connectivity index (χ2v) is 5.69. The van der Waals surface area contributed by atoms with Gasteiger partial charge in [0.1, 0.15) is 11.5 Å². The minimum atomic E-state index is 0.631. The van der Waals surface area contributed by atoms with Gasteiger partial charge in [0.15, 0.2) is 0 Å². The summed E-state index contributed by atoms with van der Waals surface area (Å²) in [7, 11) is 0. The van der Waals surface area contributed by atoms with Crippen molar-refractivity contribution in [1.29, 1.82) is 0 Å². The van der Waals surface area contributed by atoms with Gasteiger partial charge >= 0.3 is 0 Å². The van der Waals surface area contributed by atoms with Crippen molar-refractivity contribution in [2.24, 2.45) is 0 Å². The topological polar surface area (TPSA) is 21.3 Å². The molecule has 1 N–H and O–H groups in total. The zero-order chi connectivity index (χ0) is 13.9. The number of nitrogens with one attached hydrogen (secondary N) is 1. The van der Waals surface area contributed by atoms with Crippen LogP contribution in [0.3, 0.4) is 0 Å². The minimum absolute atomic E-state index is 0.631. The largest absolute Gasteiger partial charge is 0.456 e. The maximum Gasteiger partial charge on any atom is 0.146 e. The van der Waals surface area contributed by atoms with E-state index in [1.807, 2.05) is 30.3 Å². The van der Waals surface area contributed by atoms with Crippen molar-refractivity contribution in [3.05, 3.63) is 58.6 Å². The second-order valence-electron chi connectivity index (χ2n) is 5.29. The van der Waals surface area contributed by atoms with Gasteiger partial charge in [0.2, 0.25) is 0 Å². The maximum atomic E-state index is 6.11. The number of rotatable bonds is 5. The van der Waals surface area contributed by atoms with Crippen LogP contribution in [-0.2, 0) is 6.54 Å². The first-order chi connectivity index (χ1) is 9.72. The Morgan fingerprint density at radius 2 is 1.95 bits per heavy atom. The van der Waals surface area contributed by atoms with E-state index < -0.39 is 0 Å². The third-order valence-corrected chi connectivity index (χ3v) is 3.78. The summed E-state index contributed by atoms with van der Waals surface area (Å²) in [5.41, 5.74) is 2.42. The molecule has 2 aromatic rings. The van der Waals surface area contributed by atoms with Crippen molar-refractivity contribution in [1.82, 2.24) is 5.32 Å². The summed E-state index contributed by atoms with van der Waals surface area (Å²) >= 11 is 6.11. The number of hydrogen-bond acceptors (Lipinski definition) is 2. The van der Waals surface area contributed by atoms with E-state index in [4.69, 9.17) is 16.3 Å². The van der Waals surface area contributed by atoms with Gasteiger partial charge in [-0.05, 0) is 49.1 Å². The molecule has 2 nitrogen and oxygen atoms in total. The van der Waals surface area contributed by atoms with Crippen LogP contribution in [0, 0.1) is 6.92 Å². The summed E-state index contributed by atoms with van der Waals surface area (Å²) in [6.45, 7) is 2.99. The smallest absolute Gasteiger partial charge is 0.146 e. The maximum absolute atomic E-state index is 6.11. The molecule has 0 aliphatic heterocycles. The van der Waals surface area contributed by atoms with E-state index in [0.29, 0.717) is 10.8 Å². The molecule has 1 fully saturated rings. The molecule has 0 spiro atoms. The number of ether oxygens (including phenoxy) is 1. The van der Waals surface area contributed by atoms with Crippen molar-refractivity contribution in [3.8, 4) is 11.5 Å². The number of para-hydroxylation sites is 1. The standard InChI is InChI=1S/C17H18ClNO/c1-12-10-13(11-19-14-7-8-14)6-9-16(12)20-17-5-3-2-4-15(17)18/h2-6,9-10,14,19H,7-8,11H2,1H3. The lowest BCUT2D eigenvalue weighted by atomic mass is 10.1. The van der Waals surface area contributed by atoms with Crippen molar-refractivity contribution in [2.45, 2.75) is 32.4 Å². The molecule has 1 aliphatic rings. The van der Waals surface area contributed by atoms with Crippen molar-refractivity contribution >= 4 is 11.6 Å². The van der Waals surface area contributed by atoms with Crippen molar-refractivity contribution < 1.29 is 4.74 Å². The molecule has 1 saturated carbocycles. The van der Waals surface area contributed by atoms with Gasteiger partial charge in [0.25, 0.3) is 0 Å². The van der Waals surface area contributed by atoms with Gasteiger partial charge in [-0.25, -0.2) is 0 Å². The van der Waals surface area contributed by atoms with E-state index >= 15 is 0 Å². The van der Waals surface area contributed by atoms with Gasteiger partial charge < -0.3 is 10.1 Å². The molecular formula is C17H18ClNO. The van der Waals surface area contributed by atoms with Crippen LogP contribution in [0.1, 0.15) is 24.0 Å². The first kappa shape index (κ1) is 13.5. The average molecular weight is 288 g/mol. The highest BCUT2D eigenvalue weighted by molar-refractivity contribution is 6.32. The van der Waals surface area contributed by atoms with Crippen molar-refractivity contribution in [3.63, 3.8) is 0 Å². The Kier molecular flexibility index (Phi) is 3.95. The molecule has 1 aliphatic carbocycles. The molecule has 0 amide bonds. The number of aryl methyl sites for hydroxylation is 1. The predicted molar refractivity (Wildman–Crippen MR) is 82.6 cm³/mol. The molecule has 3 heteroatoms. The molecule has 0 aromatic heterocycles. The molecule has 3 rings (SSSR count). The van der Waals surface area contributed by atoms with Crippen LogP contribution in [0.4, 0.5) is 0 Å². The fourth-order valence-corrected chi connectivity index (χ4v) is 2.31. The summed E-state index contributed by atoms with van der Waals surface area (Å²) in [4.78, 5) is 0. The van der Waals surface area contributed by atoms with Gasteiger partial charge in [-0.15, -0.1) is 0 Å². The summed E-state index contributed by atoms with van der Waals surface area (Å²) in [5, 5.41) is 4.15.